The second-order valence-electron chi connectivity index (χ2n) is 8.00. The van der Waals surface area contributed by atoms with Crippen molar-refractivity contribution in [2.45, 2.75) is 33.2 Å². The molecule has 4 aromatic rings. The molecule has 2 N–H and O–H groups in total. The lowest BCUT2D eigenvalue weighted by atomic mass is 10.1. The molecule has 1 amide bonds. The molecule has 0 aliphatic heterocycles. The molecule has 0 radical (unpaired) electrons. The second-order valence-corrected chi connectivity index (χ2v) is 8.00. The summed E-state index contributed by atoms with van der Waals surface area (Å²) in [6, 6.07) is 14.7. The van der Waals surface area contributed by atoms with Crippen LogP contribution in [0.2, 0.25) is 0 Å². The first-order valence-corrected chi connectivity index (χ1v) is 9.42. The number of anilines is 1. The zero-order valence-electron chi connectivity index (χ0n) is 16.9. The number of imidazole rings is 2. The number of hydrogen-bond donors (Lipinski definition) is 2. The standard InChI is InChI=1S/C22H23N5O2/c1-14-13-23-21(29)26(14)16-11-9-15(10-12-16)19(28)25-20-24-17-7-5-6-8-18(17)27(20)22(2,3)4/h5-13H,1-4H3,(H,23,29)(H,24,25,28). The third-order valence-electron chi connectivity index (χ3n) is 4.80. The number of amides is 1. The van der Waals surface area contributed by atoms with Crippen LogP contribution in [-0.4, -0.2) is 25.0 Å². The second kappa shape index (κ2) is 6.77. The van der Waals surface area contributed by atoms with Crippen molar-refractivity contribution >= 4 is 22.9 Å². The normalized spacial score (nSPS) is 11.7. The van der Waals surface area contributed by atoms with E-state index in [1.54, 1.807) is 35.0 Å². The summed E-state index contributed by atoms with van der Waals surface area (Å²) in [6.45, 7) is 8.06. The predicted molar refractivity (Wildman–Crippen MR) is 114 cm³/mol. The van der Waals surface area contributed by atoms with Crippen molar-refractivity contribution in [2.75, 3.05) is 5.32 Å². The molecule has 4 rings (SSSR count). The number of hydrogen-bond acceptors (Lipinski definition) is 3. The van der Waals surface area contributed by atoms with Gasteiger partial charge < -0.3 is 9.55 Å². The van der Waals surface area contributed by atoms with Crippen LogP contribution in [0.25, 0.3) is 16.7 Å². The fraction of sp³-hybridized carbons (Fsp3) is 0.227. The summed E-state index contributed by atoms with van der Waals surface area (Å²) in [7, 11) is 0. The average Bonchev–Trinajstić information content (AvgIpc) is 3.20. The number of nitrogens with zero attached hydrogens (tertiary/aromatic N) is 3. The summed E-state index contributed by atoms with van der Waals surface area (Å²) in [5.74, 6) is 0.251. The minimum absolute atomic E-state index is 0.210. The molecule has 148 valence electrons. The first-order valence-electron chi connectivity index (χ1n) is 9.42. The number of para-hydroxylation sites is 2. The molecule has 0 bridgehead atoms. The van der Waals surface area contributed by atoms with E-state index in [-0.39, 0.29) is 17.1 Å². The molecule has 7 heteroatoms. The van der Waals surface area contributed by atoms with E-state index >= 15 is 0 Å². The molecule has 0 unspecified atom stereocenters. The van der Waals surface area contributed by atoms with E-state index in [9.17, 15) is 9.59 Å². The number of nitrogens with one attached hydrogen (secondary N) is 2. The zero-order chi connectivity index (χ0) is 20.8. The number of aromatic amines is 1. The molecule has 0 spiro atoms. The highest BCUT2D eigenvalue weighted by Gasteiger charge is 2.23. The van der Waals surface area contributed by atoms with Crippen LogP contribution in [0.15, 0.2) is 59.5 Å². The van der Waals surface area contributed by atoms with Crippen LogP contribution >= 0.6 is 0 Å². The average molecular weight is 389 g/mol. The van der Waals surface area contributed by atoms with Gasteiger partial charge in [-0.25, -0.2) is 9.78 Å². The van der Waals surface area contributed by atoms with Gasteiger partial charge in [0.15, 0.2) is 0 Å². The van der Waals surface area contributed by atoms with Gasteiger partial charge in [-0.1, -0.05) is 12.1 Å². The lowest BCUT2D eigenvalue weighted by Crippen LogP contribution is -2.26. The molecular formula is C22H23N5O2. The summed E-state index contributed by atoms with van der Waals surface area (Å²) in [5.41, 5.74) is 3.32. The van der Waals surface area contributed by atoms with Crippen LogP contribution in [0.3, 0.4) is 0 Å². The molecule has 0 saturated carbocycles. The van der Waals surface area contributed by atoms with Crippen LogP contribution in [0.1, 0.15) is 36.8 Å². The Morgan fingerprint density at radius 2 is 1.76 bits per heavy atom. The lowest BCUT2D eigenvalue weighted by molar-refractivity contribution is 0.102. The van der Waals surface area contributed by atoms with Gasteiger partial charge in [0.05, 0.1) is 16.7 Å². The van der Waals surface area contributed by atoms with Gasteiger partial charge in [-0.05, 0) is 64.1 Å². The van der Waals surface area contributed by atoms with Crippen molar-refractivity contribution in [3.05, 3.63) is 76.5 Å². The topological polar surface area (TPSA) is 84.7 Å². The van der Waals surface area contributed by atoms with E-state index in [0.29, 0.717) is 17.2 Å². The molecular weight excluding hydrogens is 366 g/mol. The van der Waals surface area contributed by atoms with E-state index in [4.69, 9.17) is 0 Å². The van der Waals surface area contributed by atoms with Crippen LogP contribution in [0.5, 0.6) is 0 Å². The highest BCUT2D eigenvalue weighted by Crippen LogP contribution is 2.28. The highest BCUT2D eigenvalue weighted by molar-refractivity contribution is 6.04. The number of aryl methyl sites for hydroxylation is 1. The van der Waals surface area contributed by atoms with Gasteiger partial charge in [0, 0.05) is 23.0 Å². The third kappa shape index (κ3) is 3.35. The Labute approximate surface area is 168 Å². The fourth-order valence-electron chi connectivity index (χ4n) is 3.50. The highest BCUT2D eigenvalue weighted by atomic mass is 16.2. The molecule has 0 fully saturated rings. The Kier molecular flexibility index (Phi) is 4.38. The fourth-order valence-corrected chi connectivity index (χ4v) is 3.50. The van der Waals surface area contributed by atoms with Crippen molar-refractivity contribution in [3.8, 4) is 5.69 Å². The van der Waals surface area contributed by atoms with Gasteiger partial charge in [0.1, 0.15) is 0 Å². The van der Waals surface area contributed by atoms with E-state index in [0.717, 1.165) is 16.7 Å². The molecule has 2 aromatic carbocycles. The quantitative estimate of drug-likeness (QED) is 0.558. The van der Waals surface area contributed by atoms with Crippen molar-refractivity contribution in [1.29, 1.82) is 0 Å². The number of carbonyl (C=O) groups excluding carboxylic acids is 1. The lowest BCUT2D eigenvalue weighted by Gasteiger charge is -2.24. The maximum Gasteiger partial charge on any atom is 0.330 e. The number of aromatic nitrogens is 4. The summed E-state index contributed by atoms with van der Waals surface area (Å²) in [4.78, 5) is 32.1. The Morgan fingerprint density at radius 1 is 1.07 bits per heavy atom. The van der Waals surface area contributed by atoms with Crippen molar-refractivity contribution in [1.82, 2.24) is 19.1 Å². The smallest absolute Gasteiger partial charge is 0.312 e. The van der Waals surface area contributed by atoms with E-state index in [1.807, 2.05) is 35.8 Å². The minimum atomic E-state index is -0.254. The number of rotatable bonds is 3. The van der Waals surface area contributed by atoms with Crippen LogP contribution in [-0.2, 0) is 5.54 Å². The van der Waals surface area contributed by atoms with E-state index in [2.05, 4.69) is 36.1 Å². The number of carbonyl (C=O) groups is 1. The largest absolute Gasteiger partial charge is 0.330 e. The molecule has 0 saturated heterocycles. The Balaban J connectivity index is 1.66. The molecule has 29 heavy (non-hydrogen) atoms. The van der Waals surface area contributed by atoms with Crippen LogP contribution < -0.4 is 11.0 Å². The van der Waals surface area contributed by atoms with Gasteiger partial charge in [-0.3, -0.25) is 14.7 Å². The van der Waals surface area contributed by atoms with Gasteiger partial charge in [-0.15, -0.1) is 0 Å². The number of H-pyrrole nitrogens is 1. The van der Waals surface area contributed by atoms with E-state index < -0.39 is 0 Å². The van der Waals surface area contributed by atoms with Crippen LogP contribution in [0, 0.1) is 6.92 Å². The maximum atomic E-state index is 12.9. The van der Waals surface area contributed by atoms with Crippen molar-refractivity contribution in [2.24, 2.45) is 0 Å². The molecule has 0 aliphatic rings. The predicted octanol–water partition coefficient (Wildman–Crippen LogP) is 3.83. The first kappa shape index (κ1) is 18.7. The van der Waals surface area contributed by atoms with Gasteiger partial charge in [-0.2, -0.15) is 0 Å². The monoisotopic (exact) mass is 389 g/mol. The van der Waals surface area contributed by atoms with Gasteiger partial charge >= 0.3 is 5.69 Å². The first-order chi connectivity index (χ1) is 13.8. The Bertz CT molecular complexity index is 1250. The number of benzene rings is 2. The van der Waals surface area contributed by atoms with E-state index in [1.165, 1.54) is 0 Å². The maximum absolute atomic E-state index is 12.9. The molecule has 0 atom stereocenters. The SMILES string of the molecule is Cc1c[nH]c(=O)n1-c1ccc(C(=O)Nc2nc3ccccc3n2C(C)(C)C)cc1. The van der Waals surface area contributed by atoms with Crippen LogP contribution in [0.4, 0.5) is 5.95 Å². The summed E-state index contributed by atoms with van der Waals surface area (Å²) < 4.78 is 3.58. The van der Waals surface area contributed by atoms with Crippen molar-refractivity contribution < 1.29 is 4.79 Å². The number of fused-ring (bicyclic) bond motifs is 1. The molecule has 7 nitrogen and oxygen atoms in total. The molecule has 2 aromatic heterocycles. The molecule has 2 heterocycles. The minimum Gasteiger partial charge on any atom is -0.312 e. The summed E-state index contributed by atoms with van der Waals surface area (Å²) in [5, 5.41) is 2.94. The summed E-state index contributed by atoms with van der Waals surface area (Å²) >= 11 is 0. The van der Waals surface area contributed by atoms with Crippen molar-refractivity contribution in [3.63, 3.8) is 0 Å². The van der Waals surface area contributed by atoms with Gasteiger partial charge in [0.25, 0.3) is 5.91 Å². The Morgan fingerprint density at radius 3 is 2.38 bits per heavy atom. The zero-order valence-corrected chi connectivity index (χ0v) is 16.9. The third-order valence-corrected chi connectivity index (χ3v) is 4.80. The Hall–Kier alpha value is -3.61. The molecule has 0 aliphatic carbocycles. The van der Waals surface area contributed by atoms with Gasteiger partial charge in [0.2, 0.25) is 5.95 Å². The summed E-state index contributed by atoms with van der Waals surface area (Å²) in [6.07, 6.45) is 1.65.